The topological polar surface area (TPSA) is 38.3 Å². The number of hydrogen-bond acceptors (Lipinski definition) is 2. The Labute approximate surface area is 142 Å². The molecule has 128 valence electrons. The van der Waals surface area contributed by atoms with Crippen molar-refractivity contribution in [2.45, 2.75) is 32.6 Å². The fourth-order valence-electron chi connectivity index (χ4n) is 2.32. The zero-order valence-electron chi connectivity index (χ0n) is 14.1. The van der Waals surface area contributed by atoms with Crippen LogP contribution in [-0.4, -0.2) is 19.1 Å². The third-order valence-electron chi connectivity index (χ3n) is 3.72. The summed E-state index contributed by atoms with van der Waals surface area (Å²) in [7, 11) is 0. The van der Waals surface area contributed by atoms with E-state index in [0.29, 0.717) is 26.0 Å². The van der Waals surface area contributed by atoms with Gasteiger partial charge in [0.25, 0.3) is 0 Å². The van der Waals surface area contributed by atoms with Crippen molar-refractivity contribution in [3.63, 3.8) is 0 Å². The molecule has 0 fully saturated rings. The van der Waals surface area contributed by atoms with Gasteiger partial charge >= 0.3 is 0 Å². The summed E-state index contributed by atoms with van der Waals surface area (Å²) < 4.78 is 18.4. The molecule has 0 radical (unpaired) electrons. The van der Waals surface area contributed by atoms with E-state index in [2.05, 4.69) is 5.32 Å². The molecule has 0 saturated heterocycles. The van der Waals surface area contributed by atoms with E-state index in [1.165, 1.54) is 17.7 Å². The molecule has 2 rings (SSSR count). The summed E-state index contributed by atoms with van der Waals surface area (Å²) in [6.07, 6.45) is 2.83. The van der Waals surface area contributed by atoms with E-state index in [-0.39, 0.29) is 11.7 Å². The highest BCUT2D eigenvalue weighted by Gasteiger charge is 2.02. The van der Waals surface area contributed by atoms with Crippen LogP contribution < -0.4 is 10.1 Å². The minimum absolute atomic E-state index is 0.0432. The van der Waals surface area contributed by atoms with E-state index in [1.54, 1.807) is 12.1 Å². The first-order valence-electron chi connectivity index (χ1n) is 8.34. The molecule has 0 bridgehead atoms. The molecule has 0 saturated carbocycles. The van der Waals surface area contributed by atoms with Gasteiger partial charge in [0, 0.05) is 13.0 Å². The molecule has 0 atom stereocenters. The largest absolute Gasteiger partial charge is 0.494 e. The van der Waals surface area contributed by atoms with Gasteiger partial charge in [-0.15, -0.1) is 0 Å². The Balaban J connectivity index is 1.52. The molecule has 0 aliphatic rings. The Hall–Kier alpha value is -2.36. The normalized spacial score (nSPS) is 10.4. The van der Waals surface area contributed by atoms with Gasteiger partial charge in [-0.05, 0) is 56.0 Å². The minimum atomic E-state index is -0.222. The molecule has 4 heteroatoms. The number of carbonyl (C=O) groups excluding carboxylic acids is 1. The van der Waals surface area contributed by atoms with Crippen LogP contribution in [0.2, 0.25) is 0 Å². The zero-order valence-corrected chi connectivity index (χ0v) is 14.1. The Bertz CT molecular complexity index is 568. The number of amides is 1. The molecule has 0 heterocycles. The maximum absolute atomic E-state index is 12.8. The third-order valence-corrected chi connectivity index (χ3v) is 3.72. The first-order valence-corrected chi connectivity index (χ1v) is 8.34. The van der Waals surface area contributed by atoms with Gasteiger partial charge in [0.1, 0.15) is 11.6 Å². The van der Waals surface area contributed by atoms with Gasteiger partial charge in [0.2, 0.25) is 5.91 Å². The smallest absolute Gasteiger partial charge is 0.220 e. The fourth-order valence-corrected chi connectivity index (χ4v) is 2.32. The van der Waals surface area contributed by atoms with Crippen LogP contribution in [0.4, 0.5) is 4.39 Å². The molecule has 3 nitrogen and oxygen atoms in total. The second-order valence-corrected chi connectivity index (χ2v) is 5.85. The lowest BCUT2D eigenvalue weighted by molar-refractivity contribution is -0.121. The summed E-state index contributed by atoms with van der Waals surface area (Å²) >= 11 is 0. The van der Waals surface area contributed by atoms with Gasteiger partial charge in [-0.2, -0.15) is 0 Å². The fraction of sp³-hybridized carbons (Fsp3) is 0.350. The van der Waals surface area contributed by atoms with Gasteiger partial charge in [0.05, 0.1) is 6.61 Å². The quantitative estimate of drug-likeness (QED) is 0.705. The molecule has 2 aromatic carbocycles. The monoisotopic (exact) mass is 329 g/mol. The lowest BCUT2D eigenvalue weighted by Gasteiger charge is -2.07. The predicted octanol–water partition coefficient (Wildman–Crippen LogP) is 4.04. The van der Waals surface area contributed by atoms with Crippen molar-refractivity contribution < 1.29 is 13.9 Å². The van der Waals surface area contributed by atoms with Crippen molar-refractivity contribution in [3.8, 4) is 5.75 Å². The molecule has 0 aliphatic heterocycles. The van der Waals surface area contributed by atoms with Crippen molar-refractivity contribution in [3.05, 3.63) is 65.5 Å². The van der Waals surface area contributed by atoms with Crippen LogP contribution >= 0.6 is 0 Å². The van der Waals surface area contributed by atoms with Crippen molar-refractivity contribution in [1.29, 1.82) is 0 Å². The molecule has 0 unspecified atom stereocenters. The average molecular weight is 329 g/mol. The lowest BCUT2D eigenvalue weighted by Crippen LogP contribution is -2.24. The van der Waals surface area contributed by atoms with Crippen LogP contribution in [0.1, 0.15) is 30.4 Å². The highest BCUT2D eigenvalue weighted by molar-refractivity contribution is 5.75. The summed E-state index contributed by atoms with van der Waals surface area (Å²) in [6.45, 7) is 3.20. The predicted molar refractivity (Wildman–Crippen MR) is 93.6 cm³/mol. The molecule has 1 N–H and O–H groups in total. The molecule has 0 spiro atoms. The molecule has 2 aromatic rings. The van der Waals surface area contributed by atoms with E-state index >= 15 is 0 Å². The molecule has 0 aromatic heterocycles. The van der Waals surface area contributed by atoms with Gasteiger partial charge in [-0.25, -0.2) is 4.39 Å². The third kappa shape index (κ3) is 6.82. The second-order valence-electron chi connectivity index (χ2n) is 5.85. The van der Waals surface area contributed by atoms with Crippen LogP contribution in [0, 0.1) is 12.7 Å². The Morgan fingerprint density at radius 1 is 1.04 bits per heavy atom. The van der Waals surface area contributed by atoms with E-state index in [0.717, 1.165) is 24.2 Å². The standard InChI is InChI=1S/C20H24FNO2/c1-16-6-12-19(13-7-16)24-15-3-5-20(23)22-14-2-4-17-8-10-18(21)11-9-17/h6-13H,2-5,14-15H2,1H3,(H,22,23). The van der Waals surface area contributed by atoms with Crippen LogP contribution in [0.5, 0.6) is 5.75 Å². The summed E-state index contributed by atoms with van der Waals surface area (Å²) in [6, 6.07) is 14.4. The summed E-state index contributed by atoms with van der Waals surface area (Å²) in [5.74, 6) is 0.654. The van der Waals surface area contributed by atoms with Crippen LogP contribution in [0.25, 0.3) is 0 Å². The summed E-state index contributed by atoms with van der Waals surface area (Å²) in [5, 5.41) is 2.90. The SMILES string of the molecule is Cc1ccc(OCCCC(=O)NCCCc2ccc(F)cc2)cc1. The molecular weight excluding hydrogens is 305 g/mol. The number of carbonyl (C=O) groups is 1. The van der Waals surface area contributed by atoms with Crippen molar-refractivity contribution in [2.75, 3.05) is 13.2 Å². The van der Waals surface area contributed by atoms with Gasteiger partial charge < -0.3 is 10.1 Å². The maximum Gasteiger partial charge on any atom is 0.220 e. The van der Waals surface area contributed by atoms with Crippen molar-refractivity contribution in [1.82, 2.24) is 5.32 Å². The molecule has 24 heavy (non-hydrogen) atoms. The Kier molecular flexibility index (Phi) is 7.27. The lowest BCUT2D eigenvalue weighted by atomic mass is 10.1. The van der Waals surface area contributed by atoms with Crippen LogP contribution in [0.3, 0.4) is 0 Å². The van der Waals surface area contributed by atoms with Crippen molar-refractivity contribution in [2.24, 2.45) is 0 Å². The van der Waals surface area contributed by atoms with E-state index in [9.17, 15) is 9.18 Å². The van der Waals surface area contributed by atoms with Gasteiger partial charge in [-0.1, -0.05) is 29.8 Å². The van der Waals surface area contributed by atoms with Gasteiger partial charge in [-0.3, -0.25) is 4.79 Å². The van der Waals surface area contributed by atoms with E-state index < -0.39 is 0 Å². The highest BCUT2D eigenvalue weighted by atomic mass is 19.1. The Morgan fingerprint density at radius 3 is 2.46 bits per heavy atom. The van der Waals surface area contributed by atoms with Crippen LogP contribution in [0.15, 0.2) is 48.5 Å². The minimum Gasteiger partial charge on any atom is -0.494 e. The molecule has 0 aliphatic carbocycles. The first kappa shape index (κ1) is 18.0. The maximum atomic E-state index is 12.8. The number of aryl methyl sites for hydroxylation is 2. The first-order chi connectivity index (χ1) is 11.6. The number of nitrogens with one attached hydrogen (secondary N) is 1. The zero-order chi connectivity index (χ0) is 17.2. The molecular formula is C20H24FNO2. The van der Waals surface area contributed by atoms with Crippen LogP contribution in [-0.2, 0) is 11.2 Å². The number of ether oxygens (including phenoxy) is 1. The number of hydrogen-bond donors (Lipinski definition) is 1. The second kappa shape index (κ2) is 9.71. The summed E-state index contributed by atoms with van der Waals surface area (Å²) in [4.78, 5) is 11.7. The number of rotatable bonds is 9. The summed E-state index contributed by atoms with van der Waals surface area (Å²) in [5.41, 5.74) is 2.28. The Morgan fingerprint density at radius 2 is 1.75 bits per heavy atom. The highest BCUT2D eigenvalue weighted by Crippen LogP contribution is 2.11. The van der Waals surface area contributed by atoms with E-state index in [1.807, 2.05) is 31.2 Å². The van der Waals surface area contributed by atoms with Crippen molar-refractivity contribution >= 4 is 5.91 Å². The van der Waals surface area contributed by atoms with Gasteiger partial charge in [0.15, 0.2) is 0 Å². The molecule has 1 amide bonds. The van der Waals surface area contributed by atoms with E-state index in [4.69, 9.17) is 4.74 Å². The average Bonchev–Trinajstić information content (AvgIpc) is 2.59. The number of halogens is 1. The number of benzene rings is 2.